The molecule has 1 saturated carbocycles. The Kier molecular flexibility index (Phi) is 3.18. The Hall–Kier alpha value is -2.21. The summed E-state index contributed by atoms with van der Waals surface area (Å²) >= 11 is 1.25. The highest BCUT2D eigenvalue weighted by atomic mass is 32.1. The molecule has 0 amide bonds. The summed E-state index contributed by atoms with van der Waals surface area (Å²) < 4.78 is 11.7. The van der Waals surface area contributed by atoms with E-state index in [2.05, 4.69) is 9.36 Å². The van der Waals surface area contributed by atoms with Crippen molar-refractivity contribution in [2.24, 2.45) is 0 Å². The molecular weight excluding hydrogens is 298 g/mol. The SMILES string of the molecule is CCOC(=O)c1snc(-c2ccc3cncn3c2)c1C1CC1. The van der Waals surface area contributed by atoms with E-state index in [-0.39, 0.29) is 5.97 Å². The number of aromatic nitrogens is 3. The van der Waals surface area contributed by atoms with Crippen LogP contribution in [-0.2, 0) is 4.74 Å². The monoisotopic (exact) mass is 313 g/mol. The van der Waals surface area contributed by atoms with E-state index in [9.17, 15) is 4.79 Å². The van der Waals surface area contributed by atoms with E-state index < -0.39 is 0 Å². The van der Waals surface area contributed by atoms with Gasteiger partial charge in [-0.05, 0) is 49.3 Å². The summed E-state index contributed by atoms with van der Waals surface area (Å²) in [5.74, 6) is 0.184. The first-order valence-electron chi connectivity index (χ1n) is 7.36. The normalized spacial score (nSPS) is 14.4. The molecule has 1 aliphatic rings. The summed E-state index contributed by atoms with van der Waals surface area (Å²) in [6, 6.07) is 4.05. The quantitative estimate of drug-likeness (QED) is 0.692. The first-order valence-corrected chi connectivity index (χ1v) is 8.14. The fraction of sp³-hybridized carbons (Fsp3) is 0.312. The number of esters is 1. The van der Waals surface area contributed by atoms with Gasteiger partial charge in [-0.25, -0.2) is 9.78 Å². The lowest BCUT2D eigenvalue weighted by molar-refractivity contribution is 0.0531. The second-order valence-electron chi connectivity index (χ2n) is 5.41. The van der Waals surface area contributed by atoms with Crippen molar-refractivity contribution < 1.29 is 9.53 Å². The molecule has 0 radical (unpaired) electrons. The fourth-order valence-corrected chi connectivity index (χ4v) is 3.54. The van der Waals surface area contributed by atoms with Gasteiger partial charge in [-0.2, -0.15) is 4.37 Å². The molecular formula is C16H15N3O2S. The van der Waals surface area contributed by atoms with Gasteiger partial charge in [0.25, 0.3) is 0 Å². The maximum absolute atomic E-state index is 12.1. The summed E-state index contributed by atoms with van der Waals surface area (Å²) in [5, 5.41) is 0. The molecule has 22 heavy (non-hydrogen) atoms. The van der Waals surface area contributed by atoms with Crippen molar-refractivity contribution in [2.45, 2.75) is 25.7 Å². The molecule has 112 valence electrons. The number of fused-ring (bicyclic) bond motifs is 1. The predicted molar refractivity (Wildman–Crippen MR) is 84.2 cm³/mol. The molecule has 1 fully saturated rings. The highest BCUT2D eigenvalue weighted by Gasteiger charge is 2.34. The van der Waals surface area contributed by atoms with Gasteiger partial charge in [-0.1, -0.05) is 0 Å². The standard InChI is InChI=1S/C16H15N3O2S/c1-2-21-16(20)15-13(10-3-4-10)14(18-22-15)11-5-6-12-7-17-9-19(12)8-11/h5-10H,2-4H2,1H3. The van der Waals surface area contributed by atoms with E-state index in [0.717, 1.165) is 35.2 Å². The van der Waals surface area contributed by atoms with Crippen LogP contribution in [0.2, 0.25) is 0 Å². The average molecular weight is 313 g/mol. The van der Waals surface area contributed by atoms with Crippen molar-refractivity contribution >= 4 is 23.0 Å². The van der Waals surface area contributed by atoms with E-state index >= 15 is 0 Å². The number of ether oxygens (including phenoxy) is 1. The third-order valence-electron chi connectivity index (χ3n) is 3.86. The zero-order valence-corrected chi connectivity index (χ0v) is 13.0. The van der Waals surface area contributed by atoms with Gasteiger partial charge >= 0.3 is 5.97 Å². The molecule has 0 spiro atoms. The third kappa shape index (κ3) is 2.20. The fourth-order valence-electron chi connectivity index (χ4n) is 2.66. The van der Waals surface area contributed by atoms with Crippen molar-refractivity contribution in [3.8, 4) is 11.3 Å². The molecule has 3 heterocycles. The molecule has 3 aromatic heterocycles. The van der Waals surface area contributed by atoms with Crippen LogP contribution in [0.3, 0.4) is 0 Å². The minimum absolute atomic E-state index is 0.253. The lowest BCUT2D eigenvalue weighted by Gasteiger charge is -2.05. The molecule has 3 aromatic rings. The number of pyridine rings is 1. The number of imidazole rings is 1. The molecule has 6 heteroatoms. The van der Waals surface area contributed by atoms with Gasteiger partial charge in [0.15, 0.2) is 0 Å². The topological polar surface area (TPSA) is 56.5 Å². The summed E-state index contributed by atoms with van der Waals surface area (Å²) in [6.45, 7) is 2.21. The van der Waals surface area contributed by atoms with Crippen molar-refractivity contribution in [1.29, 1.82) is 0 Å². The zero-order valence-electron chi connectivity index (χ0n) is 12.2. The molecule has 1 aliphatic carbocycles. The number of carbonyl (C=O) groups excluding carboxylic acids is 1. The summed E-state index contributed by atoms with van der Waals surface area (Å²) in [7, 11) is 0. The number of rotatable bonds is 4. The summed E-state index contributed by atoms with van der Waals surface area (Å²) in [6.07, 6.45) is 7.83. The molecule has 0 N–H and O–H groups in total. The minimum atomic E-state index is -0.253. The Bertz CT molecular complexity index is 848. The van der Waals surface area contributed by atoms with Gasteiger partial charge in [0, 0.05) is 17.3 Å². The predicted octanol–water partition coefficient (Wildman–Crippen LogP) is 3.51. The van der Waals surface area contributed by atoms with E-state index in [0.29, 0.717) is 17.4 Å². The summed E-state index contributed by atoms with van der Waals surface area (Å²) in [5.41, 5.74) is 4.02. The largest absolute Gasteiger partial charge is 0.462 e. The molecule has 4 rings (SSSR count). The molecule has 5 nitrogen and oxygen atoms in total. The van der Waals surface area contributed by atoms with Crippen LogP contribution >= 0.6 is 11.5 Å². The Morgan fingerprint density at radius 2 is 2.32 bits per heavy atom. The van der Waals surface area contributed by atoms with Gasteiger partial charge in [-0.3, -0.25) is 0 Å². The van der Waals surface area contributed by atoms with Gasteiger partial charge in [0.1, 0.15) is 4.88 Å². The lowest BCUT2D eigenvalue weighted by atomic mass is 10.0. The van der Waals surface area contributed by atoms with Crippen LogP contribution in [0.5, 0.6) is 0 Å². The first kappa shape index (κ1) is 13.5. The van der Waals surface area contributed by atoms with E-state index in [1.165, 1.54) is 11.5 Å². The molecule has 0 aromatic carbocycles. The zero-order chi connectivity index (χ0) is 15.1. The number of hydrogen-bond donors (Lipinski definition) is 0. The van der Waals surface area contributed by atoms with Crippen molar-refractivity contribution in [3.63, 3.8) is 0 Å². The second kappa shape index (κ2) is 5.21. The average Bonchev–Trinajstić information content (AvgIpc) is 3.10. The minimum Gasteiger partial charge on any atom is -0.462 e. The van der Waals surface area contributed by atoms with Crippen LogP contribution in [0.15, 0.2) is 30.9 Å². The van der Waals surface area contributed by atoms with Crippen molar-refractivity contribution in [1.82, 2.24) is 13.8 Å². The second-order valence-corrected chi connectivity index (χ2v) is 6.19. The highest BCUT2D eigenvalue weighted by molar-refractivity contribution is 7.08. The number of hydrogen-bond acceptors (Lipinski definition) is 5. The van der Waals surface area contributed by atoms with Crippen molar-refractivity contribution in [3.05, 3.63) is 41.3 Å². The Labute approximate surface area is 131 Å². The highest BCUT2D eigenvalue weighted by Crippen LogP contribution is 2.47. The van der Waals surface area contributed by atoms with Crippen LogP contribution < -0.4 is 0 Å². The molecule has 0 bridgehead atoms. The molecule has 0 unspecified atom stereocenters. The third-order valence-corrected chi connectivity index (χ3v) is 4.70. The Morgan fingerprint density at radius 1 is 1.45 bits per heavy atom. The number of nitrogens with zero attached hydrogens (tertiary/aromatic N) is 3. The Morgan fingerprint density at radius 3 is 3.09 bits per heavy atom. The van der Waals surface area contributed by atoms with Crippen LogP contribution in [-0.4, -0.2) is 26.3 Å². The first-order chi connectivity index (χ1) is 10.8. The summed E-state index contributed by atoms with van der Waals surface area (Å²) in [4.78, 5) is 16.9. The van der Waals surface area contributed by atoms with Gasteiger partial charge in [-0.15, -0.1) is 0 Å². The lowest BCUT2D eigenvalue weighted by Crippen LogP contribution is -2.05. The number of carbonyl (C=O) groups is 1. The van der Waals surface area contributed by atoms with Crippen LogP contribution in [0.4, 0.5) is 0 Å². The van der Waals surface area contributed by atoms with Crippen molar-refractivity contribution in [2.75, 3.05) is 6.61 Å². The molecule has 0 saturated heterocycles. The van der Waals surface area contributed by atoms with E-state index in [1.807, 2.05) is 35.9 Å². The van der Waals surface area contributed by atoms with Gasteiger partial charge in [0.05, 0.1) is 30.3 Å². The van der Waals surface area contributed by atoms with Crippen LogP contribution in [0.25, 0.3) is 16.8 Å². The molecule has 0 aliphatic heterocycles. The van der Waals surface area contributed by atoms with Gasteiger partial charge in [0.2, 0.25) is 0 Å². The smallest absolute Gasteiger partial charge is 0.350 e. The van der Waals surface area contributed by atoms with Crippen LogP contribution in [0.1, 0.15) is 40.9 Å². The maximum atomic E-state index is 12.1. The van der Waals surface area contributed by atoms with Crippen LogP contribution in [0, 0.1) is 0 Å². The Balaban J connectivity index is 1.82. The van der Waals surface area contributed by atoms with E-state index in [1.54, 1.807) is 6.33 Å². The molecule has 0 atom stereocenters. The van der Waals surface area contributed by atoms with E-state index in [4.69, 9.17) is 4.74 Å². The van der Waals surface area contributed by atoms with Gasteiger partial charge < -0.3 is 9.14 Å². The maximum Gasteiger partial charge on any atom is 0.350 e.